The van der Waals surface area contributed by atoms with Gasteiger partial charge in [0.05, 0.1) is 7.11 Å². The molecule has 12 heavy (non-hydrogen) atoms. The third kappa shape index (κ3) is 2.25. The van der Waals surface area contributed by atoms with Gasteiger partial charge in [0.15, 0.2) is 0 Å². The van der Waals surface area contributed by atoms with E-state index >= 15 is 0 Å². The monoisotopic (exact) mass is 190 g/mol. The Morgan fingerprint density at radius 2 is 2.33 bits per heavy atom. The van der Waals surface area contributed by atoms with E-state index in [-0.39, 0.29) is 18.4 Å². The van der Waals surface area contributed by atoms with Crippen molar-refractivity contribution < 1.29 is 9.53 Å². The van der Waals surface area contributed by atoms with Crippen molar-refractivity contribution in [2.75, 3.05) is 7.11 Å². The van der Waals surface area contributed by atoms with Crippen molar-refractivity contribution in [1.82, 2.24) is 4.98 Å². The number of carbonyl (C=O) groups is 1. The van der Waals surface area contributed by atoms with E-state index in [1.165, 1.54) is 7.11 Å². The van der Waals surface area contributed by atoms with Gasteiger partial charge in [0.25, 0.3) is 0 Å². The van der Waals surface area contributed by atoms with Gasteiger partial charge in [-0.25, -0.2) is 4.79 Å². The van der Waals surface area contributed by atoms with Gasteiger partial charge in [-0.05, 0) is 12.1 Å². The minimum absolute atomic E-state index is 0. The van der Waals surface area contributed by atoms with Gasteiger partial charge in [0, 0.05) is 12.2 Å². The zero-order valence-corrected chi connectivity index (χ0v) is 7.48. The largest absolute Gasteiger partial charge is 0.464 e. The summed E-state index contributed by atoms with van der Waals surface area (Å²) in [5.74, 6) is -0.371. The molecule has 0 aromatic carbocycles. The van der Waals surface area contributed by atoms with Crippen molar-refractivity contribution in [3.63, 3.8) is 0 Å². The minimum Gasteiger partial charge on any atom is -0.464 e. The lowest BCUT2D eigenvalue weighted by molar-refractivity contribution is 0.0594. The Morgan fingerprint density at radius 1 is 1.67 bits per heavy atom. The molecule has 0 aliphatic rings. The van der Waals surface area contributed by atoms with Crippen molar-refractivity contribution in [1.29, 1.82) is 0 Å². The van der Waals surface area contributed by atoms with Gasteiger partial charge in [-0.15, -0.1) is 12.4 Å². The van der Waals surface area contributed by atoms with Gasteiger partial charge >= 0.3 is 5.97 Å². The molecule has 0 bridgehead atoms. The molecule has 1 heterocycles. The first-order valence-electron chi connectivity index (χ1n) is 3.24. The SMILES string of the molecule is COC(=O)c1ccc(CN)[nH]1.Cl. The molecule has 0 radical (unpaired) electrons. The summed E-state index contributed by atoms with van der Waals surface area (Å²) in [6.07, 6.45) is 0. The van der Waals surface area contributed by atoms with Gasteiger partial charge < -0.3 is 15.5 Å². The molecular formula is C7H11ClN2O2. The Balaban J connectivity index is 0.00000121. The average Bonchev–Trinajstić information content (AvgIpc) is 2.50. The molecule has 0 aliphatic carbocycles. The number of hydrogen-bond donors (Lipinski definition) is 2. The number of nitrogens with two attached hydrogens (primary N) is 1. The maximum Gasteiger partial charge on any atom is 0.354 e. The summed E-state index contributed by atoms with van der Waals surface area (Å²) in [6, 6.07) is 3.40. The normalized spacial score (nSPS) is 8.83. The van der Waals surface area contributed by atoms with E-state index in [1.54, 1.807) is 12.1 Å². The number of nitrogens with one attached hydrogen (secondary N) is 1. The van der Waals surface area contributed by atoms with Gasteiger partial charge in [-0.1, -0.05) is 0 Å². The molecule has 3 N–H and O–H groups in total. The molecule has 4 nitrogen and oxygen atoms in total. The fourth-order valence-corrected chi connectivity index (χ4v) is 0.788. The van der Waals surface area contributed by atoms with Crippen LogP contribution in [0.1, 0.15) is 16.2 Å². The fourth-order valence-electron chi connectivity index (χ4n) is 0.788. The van der Waals surface area contributed by atoms with E-state index in [4.69, 9.17) is 5.73 Å². The summed E-state index contributed by atoms with van der Waals surface area (Å²) >= 11 is 0. The van der Waals surface area contributed by atoms with Crippen LogP contribution < -0.4 is 5.73 Å². The van der Waals surface area contributed by atoms with Crippen molar-refractivity contribution in [3.05, 3.63) is 23.5 Å². The number of carbonyl (C=O) groups excluding carboxylic acids is 1. The highest BCUT2D eigenvalue weighted by Crippen LogP contribution is 2.01. The van der Waals surface area contributed by atoms with Crippen LogP contribution in [0.25, 0.3) is 0 Å². The van der Waals surface area contributed by atoms with Gasteiger partial charge in [0.1, 0.15) is 5.69 Å². The summed E-state index contributed by atoms with van der Waals surface area (Å²) < 4.78 is 4.48. The van der Waals surface area contributed by atoms with Crippen LogP contribution in [0.3, 0.4) is 0 Å². The Kier molecular flexibility index (Phi) is 4.39. The van der Waals surface area contributed by atoms with Gasteiger partial charge in [-0.3, -0.25) is 0 Å². The van der Waals surface area contributed by atoms with E-state index < -0.39 is 0 Å². The third-order valence-electron chi connectivity index (χ3n) is 1.37. The molecule has 5 heteroatoms. The summed E-state index contributed by atoms with van der Waals surface area (Å²) in [7, 11) is 1.34. The summed E-state index contributed by atoms with van der Waals surface area (Å²) in [6.45, 7) is 0.400. The fraction of sp³-hybridized carbons (Fsp3) is 0.286. The lowest BCUT2D eigenvalue weighted by Crippen LogP contribution is -2.02. The second-order valence-electron chi connectivity index (χ2n) is 2.09. The molecule has 1 aromatic heterocycles. The number of ether oxygens (including phenoxy) is 1. The highest BCUT2D eigenvalue weighted by Gasteiger charge is 2.05. The molecule has 0 atom stereocenters. The van der Waals surface area contributed by atoms with E-state index in [0.29, 0.717) is 12.2 Å². The predicted molar refractivity (Wildman–Crippen MR) is 47.3 cm³/mol. The van der Waals surface area contributed by atoms with Gasteiger partial charge in [-0.2, -0.15) is 0 Å². The van der Waals surface area contributed by atoms with Crippen molar-refractivity contribution in [3.8, 4) is 0 Å². The van der Waals surface area contributed by atoms with E-state index in [9.17, 15) is 4.79 Å². The molecule has 0 fully saturated rings. The highest BCUT2D eigenvalue weighted by atomic mass is 35.5. The molecule has 68 valence electrons. The van der Waals surface area contributed by atoms with E-state index in [1.807, 2.05) is 0 Å². The van der Waals surface area contributed by atoms with Crippen LogP contribution in [0.15, 0.2) is 12.1 Å². The lowest BCUT2D eigenvalue weighted by atomic mass is 10.4. The maximum absolute atomic E-state index is 10.8. The highest BCUT2D eigenvalue weighted by molar-refractivity contribution is 5.87. The van der Waals surface area contributed by atoms with E-state index in [2.05, 4.69) is 9.72 Å². The number of aromatic amines is 1. The third-order valence-corrected chi connectivity index (χ3v) is 1.37. The minimum atomic E-state index is -0.371. The van der Waals surface area contributed by atoms with Crippen LogP contribution in [-0.4, -0.2) is 18.1 Å². The zero-order valence-electron chi connectivity index (χ0n) is 6.66. The second-order valence-corrected chi connectivity index (χ2v) is 2.09. The number of H-pyrrole nitrogens is 1. The molecule has 0 unspecified atom stereocenters. The molecule has 1 aromatic rings. The molecule has 0 amide bonds. The van der Waals surface area contributed by atoms with Crippen molar-refractivity contribution in [2.45, 2.75) is 6.54 Å². The molecule has 0 aliphatic heterocycles. The molecule has 1 rings (SSSR count). The van der Waals surface area contributed by atoms with Crippen LogP contribution in [0.4, 0.5) is 0 Å². The summed E-state index contributed by atoms with van der Waals surface area (Å²) in [5, 5.41) is 0. The lowest BCUT2D eigenvalue weighted by Gasteiger charge is -1.93. The maximum atomic E-state index is 10.8. The van der Waals surface area contributed by atoms with Gasteiger partial charge in [0.2, 0.25) is 0 Å². The Hall–Kier alpha value is -1.00. The van der Waals surface area contributed by atoms with Crippen LogP contribution >= 0.6 is 12.4 Å². The molecular weight excluding hydrogens is 180 g/mol. The Bertz CT molecular complexity index is 260. The Morgan fingerprint density at radius 3 is 2.75 bits per heavy atom. The summed E-state index contributed by atoms with van der Waals surface area (Å²) in [4.78, 5) is 13.7. The van der Waals surface area contributed by atoms with E-state index in [0.717, 1.165) is 5.69 Å². The topological polar surface area (TPSA) is 68.1 Å². The number of halogens is 1. The smallest absolute Gasteiger partial charge is 0.354 e. The van der Waals surface area contributed by atoms with Crippen molar-refractivity contribution in [2.24, 2.45) is 5.73 Å². The first-order chi connectivity index (χ1) is 5.27. The van der Waals surface area contributed by atoms with Crippen LogP contribution in [0, 0.1) is 0 Å². The quantitative estimate of drug-likeness (QED) is 0.674. The molecule has 0 saturated heterocycles. The average molecular weight is 191 g/mol. The summed E-state index contributed by atoms with van der Waals surface area (Å²) in [5.41, 5.74) is 6.58. The molecule has 0 saturated carbocycles. The van der Waals surface area contributed by atoms with Crippen molar-refractivity contribution >= 4 is 18.4 Å². The number of hydrogen-bond acceptors (Lipinski definition) is 3. The van der Waals surface area contributed by atoms with Crippen LogP contribution in [0.2, 0.25) is 0 Å². The molecule has 0 spiro atoms. The van der Waals surface area contributed by atoms with Crippen LogP contribution in [-0.2, 0) is 11.3 Å². The standard InChI is InChI=1S/C7H10N2O2.ClH/c1-11-7(10)6-3-2-5(4-8)9-6;/h2-3,9H,4,8H2,1H3;1H. The number of rotatable bonds is 2. The first-order valence-corrected chi connectivity index (χ1v) is 3.24. The van der Waals surface area contributed by atoms with Crippen LogP contribution in [0.5, 0.6) is 0 Å². The Labute approximate surface area is 76.5 Å². The first kappa shape index (κ1) is 11.0. The number of aromatic nitrogens is 1. The zero-order chi connectivity index (χ0) is 8.27. The second kappa shape index (κ2) is 4.79. The number of methoxy groups -OCH3 is 1. The number of esters is 1. The predicted octanol–water partition coefficient (Wildman–Crippen LogP) is 0.682.